The van der Waals surface area contributed by atoms with Crippen LogP contribution in [0.3, 0.4) is 0 Å². The predicted octanol–water partition coefficient (Wildman–Crippen LogP) is 9.82. The minimum absolute atomic E-state index is 1.04. The van der Waals surface area contributed by atoms with Crippen LogP contribution >= 0.6 is 0 Å². The van der Waals surface area contributed by atoms with E-state index in [9.17, 15) is 0 Å². The molecule has 0 amide bonds. The number of rotatable bonds is 23. The van der Waals surface area contributed by atoms with Gasteiger partial charge in [0.2, 0.25) is 0 Å². The van der Waals surface area contributed by atoms with Crippen molar-refractivity contribution in [2.45, 2.75) is 155 Å². The van der Waals surface area contributed by atoms with E-state index in [1.54, 1.807) is 0 Å². The first-order valence-electron chi connectivity index (χ1n) is 15.5. The lowest BCUT2D eigenvalue weighted by atomic mass is 10.1. The maximum Gasteiger partial charge on any atom is 0.260 e. The summed E-state index contributed by atoms with van der Waals surface area (Å²) in [7, 11) is 0. The van der Waals surface area contributed by atoms with E-state index in [0.29, 0.717) is 0 Å². The first-order chi connectivity index (χ1) is 17.3. The van der Waals surface area contributed by atoms with Crippen molar-refractivity contribution in [2.75, 3.05) is 0 Å². The maximum atomic E-state index is 2.55. The number of aromatic nitrogens is 2. The monoisotopic (exact) mass is 481 g/mol. The molecule has 0 aliphatic carbocycles. The summed E-state index contributed by atoms with van der Waals surface area (Å²) in [4.78, 5) is 0. The molecule has 1 aromatic heterocycles. The van der Waals surface area contributed by atoms with E-state index >= 15 is 0 Å². The van der Waals surface area contributed by atoms with E-state index in [1.807, 2.05) is 0 Å². The first-order valence-corrected chi connectivity index (χ1v) is 15.5. The van der Waals surface area contributed by atoms with E-state index in [-0.39, 0.29) is 0 Å². The van der Waals surface area contributed by atoms with Gasteiger partial charge in [0, 0.05) is 0 Å². The predicted molar refractivity (Wildman–Crippen MR) is 153 cm³/mol. The number of imidazole rings is 1. The van der Waals surface area contributed by atoms with Crippen LogP contribution in [0, 0.1) is 0 Å². The average molecular weight is 482 g/mol. The van der Waals surface area contributed by atoms with Crippen molar-refractivity contribution < 1.29 is 4.57 Å². The Labute approximate surface area is 218 Å². The molecule has 2 aromatic rings. The number of hydrogen-bond donors (Lipinski definition) is 0. The molecule has 198 valence electrons. The standard InChI is InChI=1S/C33H57N2/c1-3-5-7-9-11-13-14-15-17-19-24-28-35-30-29-34(27-23-18-16-12-10-8-6-4-2)33(35)31-32-25-21-20-22-26-32/h20-22,25-26,29-30H,3-19,23-24,27-28,31H2,1-2H3/q+1. The van der Waals surface area contributed by atoms with Crippen molar-refractivity contribution in [3.05, 3.63) is 54.1 Å². The lowest BCUT2D eigenvalue weighted by molar-refractivity contribution is -0.703. The molecule has 0 saturated heterocycles. The quantitative estimate of drug-likeness (QED) is 0.110. The Kier molecular flexibility index (Phi) is 17.5. The van der Waals surface area contributed by atoms with Gasteiger partial charge < -0.3 is 0 Å². The zero-order valence-electron chi connectivity index (χ0n) is 23.5. The molecule has 2 rings (SSSR count). The molecular formula is C33H57N2+. The van der Waals surface area contributed by atoms with Gasteiger partial charge in [-0.3, -0.25) is 0 Å². The number of benzene rings is 1. The molecule has 1 aromatic carbocycles. The topological polar surface area (TPSA) is 8.81 Å². The smallest absolute Gasteiger partial charge is 0.234 e. The molecule has 0 unspecified atom stereocenters. The zero-order valence-corrected chi connectivity index (χ0v) is 23.5. The van der Waals surface area contributed by atoms with Gasteiger partial charge in [-0.1, -0.05) is 140 Å². The fourth-order valence-corrected chi connectivity index (χ4v) is 5.25. The molecule has 2 nitrogen and oxygen atoms in total. The highest BCUT2D eigenvalue weighted by atomic mass is 15.1. The summed E-state index contributed by atoms with van der Waals surface area (Å²) in [6, 6.07) is 11.0. The van der Waals surface area contributed by atoms with Gasteiger partial charge in [-0.15, -0.1) is 0 Å². The Morgan fingerprint density at radius 2 is 1.06 bits per heavy atom. The Bertz CT molecular complexity index is 718. The third-order valence-corrected chi connectivity index (χ3v) is 7.55. The van der Waals surface area contributed by atoms with E-state index in [2.05, 4.69) is 65.7 Å². The molecule has 0 spiro atoms. The molecule has 0 aliphatic heterocycles. The molecular weight excluding hydrogens is 424 g/mol. The Morgan fingerprint density at radius 3 is 1.60 bits per heavy atom. The molecule has 0 aliphatic rings. The van der Waals surface area contributed by atoms with Gasteiger partial charge in [0.05, 0.1) is 19.5 Å². The summed E-state index contributed by atoms with van der Waals surface area (Å²) in [5.74, 6) is 1.49. The molecule has 0 atom stereocenters. The largest absolute Gasteiger partial charge is 0.260 e. The van der Waals surface area contributed by atoms with E-state index in [4.69, 9.17) is 0 Å². The number of nitrogens with zero attached hydrogens (tertiary/aromatic N) is 2. The van der Waals surface area contributed by atoms with E-state index in [0.717, 1.165) is 6.42 Å². The number of unbranched alkanes of at least 4 members (excludes halogenated alkanes) is 17. The summed E-state index contributed by atoms with van der Waals surface area (Å²) in [5, 5.41) is 0. The van der Waals surface area contributed by atoms with Gasteiger partial charge in [-0.05, 0) is 31.2 Å². The summed E-state index contributed by atoms with van der Waals surface area (Å²) in [5.41, 5.74) is 1.43. The van der Waals surface area contributed by atoms with Gasteiger partial charge >= 0.3 is 0 Å². The highest BCUT2D eigenvalue weighted by molar-refractivity contribution is 5.18. The molecule has 0 fully saturated rings. The minimum atomic E-state index is 1.04. The van der Waals surface area contributed by atoms with Gasteiger partial charge in [-0.25, -0.2) is 9.13 Å². The van der Waals surface area contributed by atoms with Crippen LogP contribution in [0.15, 0.2) is 42.7 Å². The summed E-state index contributed by atoms with van der Waals surface area (Å²) < 4.78 is 5.09. The van der Waals surface area contributed by atoms with Crippen LogP contribution in [0.1, 0.15) is 147 Å². The van der Waals surface area contributed by atoms with Gasteiger partial charge in [-0.2, -0.15) is 0 Å². The van der Waals surface area contributed by atoms with Gasteiger partial charge in [0.15, 0.2) is 0 Å². The summed E-state index contributed by atoms with van der Waals surface area (Å²) in [6.45, 7) is 6.94. The van der Waals surface area contributed by atoms with Crippen LogP contribution in [0.4, 0.5) is 0 Å². The van der Waals surface area contributed by atoms with Crippen LogP contribution in [0.2, 0.25) is 0 Å². The van der Waals surface area contributed by atoms with Crippen molar-refractivity contribution in [3.63, 3.8) is 0 Å². The second-order valence-corrected chi connectivity index (χ2v) is 10.8. The Hall–Kier alpha value is -1.57. The van der Waals surface area contributed by atoms with Crippen molar-refractivity contribution >= 4 is 0 Å². The molecule has 0 N–H and O–H groups in total. The van der Waals surface area contributed by atoms with Gasteiger partial charge in [0.1, 0.15) is 12.4 Å². The van der Waals surface area contributed by atoms with Crippen LogP contribution in [-0.4, -0.2) is 4.57 Å². The third-order valence-electron chi connectivity index (χ3n) is 7.55. The molecule has 0 radical (unpaired) electrons. The fraction of sp³-hybridized carbons (Fsp3) is 0.727. The third kappa shape index (κ3) is 13.9. The lowest BCUT2D eigenvalue weighted by Gasteiger charge is -2.07. The number of hydrogen-bond acceptors (Lipinski definition) is 0. The Morgan fingerprint density at radius 1 is 0.571 bits per heavy atom. The van der Waals surface area contributed by atoms with Crippen LogP contribution in [0.25, 0.3) is 0 Å². The lowest BCUT2D eigenvalue weighted by Crippen LogP contribution is -2.37. The zero-order chi connectivity index (χ0) is 24.8. The van der Waals surface area contributed by atoms with Crippen molar-refractivity contribution in [1.82, 2.24) is 4.57 Å². The van der Waals surface area contributed by atoms with Gasteiger partial charge in [0.25, 0.3) is 5.82 Å². The second kappa shape index (κ2) is 20.6. The van der Waals surface area contributed by atoms with E-state index in [1.165, 1.54) is 146 Å². The van der Waals surface area contributed by atoms with Crippen molar-refractivity contribution in [2.24, 2.45) is 0 Å². The summed E-state index contributed by atoms with van der Waals surface area (Å²) in [6.07, 6.45) is 32.3. The fourth-order valence-electron chi connectivity index (χ4n) is 5.25. The van der Waals surface area contributed by atoms with E-state index < -0.39 is 0 Å². The normalized spacial score (nSPS) is 11.4. The first kappa shape index (κ1) is 29.7. The molecule has 0 saturated carbocycles. The van der Waals surface area contributed by atoms with Crippen LogP contribution < -0.4 is 4.57 Å². The number of aryl methyl sites for hydroxylation is 2. The summed E-state index contributed by atoms with van der Waals surface area (Å²) >= 11 is 0. The highest BCUT2D eigenvalue weighted by Gasteiger charge is 2.17. The second-order valence-electron chi connectivity index (χ2n) is 10.8. The highest BCUT2D eigenvalue weighted by Crippen LogP contribution is 2.13. The molecule has 1 heterocycles. The minimum Gasteiger partial charge on any atom is -0.234 e. The average Bonchev–Trinajstić information content (AvgIpc) is 3.25. The molecule has 35 heavy (non-hydrogen) atoms. The van der Waals surface area contributed by atoms with Crippen molar-refractivity contribution in [1.29, 1.82) is 0 Å². The maximum absolute atomic E-state index is 2.55. The van der Waals surface area contributed by atoms with Crippen LogP contribution in [-0.2, 0) is 19.5 Å². The van der Waals surface area contributed by atoms with Crippen LogP contribution in [0.5, 0.6) is 0 Å². The SMILES string of the molecule is CCCCCCCCCCCCC[n+]1ccn(CCCCCCCCCC)c1Cc1ccccc1. The van der Waals surface area contributed by atoms with Crippen molar-refractivity contribution in [3.8, 4) is 0 Å². The molecule has 0 bridgehead atoms. The Balaban J connectivity index is 1.71. The molecule has 2 heteroatoms.